The predicted octanol–water partition coefficient (Wildman–Crippen LogP) is 5.90. The second kappa shape index (κ2) is 18.8. The van der Waals surface area contributed by atoms with E-state index < -0.39 is 0 Å². The first kappa shape index (κ1) is 22.6. The van der Waals surface area contributed by atoms with E-state index in [2.05, 4.69) is 0 Å². The summed E-state index contributed by atoms with van der Waals surface area (Å²) >= 11 is 0. The lowest BCUT2D eigenvalue weighted by molar-refractivity contribution is 0.602. The summed E-state index contributed by atoms with van der Waals surface area (Å²) in [6, 6.07) is 8.60. The zero-order chi connectivity index (χ0) is 15.7. The molecule has 0 N–H and O–H groups in total. The third kappa shape index (κ3) is 9.06. The second-order valence-corrected chi connectivity index (χ2v) is 2.28. The minimum absolute atomic E-state index is 0.00634. The molecule has 1 aromatic heterocycles. The van der Waals surface area contributed by atoms with Gasteiger partial charge in [-0.05, 0) is 12.1 Å². The fourth-order valence-electron chi connectivity index (χ4n) is 1.03. The minimum atomic E-state index is 0.00634. The van der Waals surface area contributed by atoms with Crippen molar-refractivity contribution in [2.75, 3.05) is 0 Å². The predicted molar refractivity (Wildman–Crippen MR) is 87.9 cm³/mol. The summed E-state index contributed by atoms with van der Waals surface area (Å²) in [6.07, 6.45) is 1.41. The fraction of sp³-hybridized carbons (Fsp3) is 0.471. The maximum Gasteiger partial charge on any atom is 0.192 e. The Hall–Kier alpha value is -1.57. The van der Waals surface area contributed by atoms with Crippen molar-refractivity contribution in [2.45, 2.75) is 55.4 Å². The summed E-state index contributed by atoms with van der Waals surface area (Å²) in [5.74, 6) is 0. The molecule has 19 heavy (non-hydrogen) atoms. The number of fused-ring (bicyclic) bond motifs is 1. The van der Waals surface area contributed by atoms with Gasteiger partial charge < -0.3 is 4.42 Å². The maximum absolute atomic E-state index is 11.1. The van der Waals surface area contributed by atoms with Crippen molar-refractivity contribution in [1.29, 1.82) is 0 Å². The summed E-state index contributed by atoms with van der Waals surface area (Å²) in [5.41, 5.74) is 0.645. The van der Waals surface area contributed by atoms with Crippen LogP contribution in [-0.2, 0) is 0 Å². The van der Waals surface area contributed by atoms with Gasteiger partial charge in [0.15, 0.2) is 5.43 Å². The number of rotatable bonds is 0. The Morgan fingerprint density at radius 1 is 0.737 bits per heavy atom. The van der Waals surface area contributed by atoms with E-state index in [0.717, 1.165) is 0 Å². The zero-order valence-corrected chi connectivity index (χ0v) is 13.8. The van der Waals surface area contributed by atoms with Gasteiger partial charge in [0.25, 0.3) is 0 Å². The van der Waals surface area contributed by atoms with E-state index in [1.54, 1.807) is 12.1 Å². The molecular formula is C17H30O2. The summed E-state index contributed by atoms with van der Waals surface area (Å²) < 4.78 is 5.09. The number of para-hydroxylation sites is 1. The van der Waals surface area contributed by atoms with E-state index in [1.807, 2.05) is 67.5 Å². The lowest BCUT2D eigenvalue weighted by atomic mass is 10.2. The van der Waals surface area contributed by atoms with Crippen LogP contribution in [0, 0.1) is 0 Å². The van der Waals surface area contributed by atoms with Crippen LogP contribution in [0.25, 0.3) is 11.0 Å². The molecule has 110 valence electrons. The fourth-order valence-corrected chi connectivity index (χ4v) is 1.03. The molecule has 0 spiro atoms. The van der Waals surface area contributed by atoms with Gasteiger partial charge in [-0.1, -0.05) is 67.5 Å². The molecule has 0 saturated heterocycles. The molecule has 2 rings (SSSR count). The van der Waals surface area contributed by atoms with E-state index in [1.165, 1.54) is 12.3 Å². The van der Waals surface area contributed by atoms with Crippen LogP contribution in [0.5, 0.6) is 0 Å². The monoisotopic (exact) mass is 266 g/mol. The average molecular weight is 266 g/mol. The van der Waals surface area contributed by atoms with Crippen LogP contribution in [-0.4, -0.2) is 0 Å². The normalized spacial score (nSPS) is 7.16. The third-order valence-electron chi connectivity index (χ3n) is 1.57. The van der Waals surface area contributed by atoms with E-state index in [4.69, 9.17) is 4.42 Å². The zero-order valence-electron chi connectivity index (χ0n) is 13.8. The van der Waals surface area contributed by atoms with Gasteiger partial charge in [-0.2, -0.15) is 0 Å². The van der Waals surface area contributed by atoms with Gasteiger partial charge in [0, 0.05) is 6.07 Å². The topological polar surface area (TPSA) is 30.2 Å². The largest absolute Gasteiger partial charge is 0.464 e. The highest BCUT2D eigenvalue weighted by atomic mass is 16.3. The molecule has 0 saturated carbocycles. The maximum atomic E-state index is 11.1. The molecule has 2 nitrogen and oxygen atoms in total. The molecule has 0 radical (unpaired) electrons. The molecule has 0 unspecified atom stereocenters. The van der Waals surface area contributed by atoms with Crippen molar-refractivity contribution in [3.05, 3.63) is 46.8 Å². The van der Waals surface area contributed by atoms with Crippen molar-refractivity contribution in [3.63, 3.8) is 0 Å². The Morgan fingerprint density at radius 2 is 1.21 bits per heavy atom. The van der Waals surface area contributed by atoms with E-state index in [0.29, 0.717) is 11.0 Å². The Balaban J connectivity index is -0.000000278. The first-order valence-electron chi connectivity index (χ1n) is 7.34. The second-order valence-electron chi connectivity index (χ2n) is 2.28. The first-order valence-corrected chi connectivity index (χ1v) is 7.34. The number of hydrogen-bond donors (Lipinski definition) is 0. The molecule has 0 fully saturated rings. The van der Waals surface area contributed by atoms with E-state index >= 15 is 0 Å². The highest BCUT2D eigenvalue weighted by Crippen LogP contribution is 2.06. The van der Waals surface area contributed by atoms with Gasteiger partial charge in [0.2, 0.25) is 0 Å². The molecule has 0 aliphatic rings. The molecular weight excluding hydrogens is 236 g/mol. The van der Waals surface area contributed by atoms with Crippen molar-refractivity contribution < 1.29 is 4.42 Å². The lowest BCUT2D eigenvalue weighted by Gasteiger charge is -1.91. The molecule has 0 amide bonds. The summed E-state index contributed by atoms with van der Waals surface area (Å²) in [6.45, 7) is 16.0. The van der Waals surface area contributed by atoms with Gasteiger partial charge in [-0.25, -0.2) is 0 Å². The van der Waals surface area contributed by atoms with Crippen LogP contribution in [0.4, 0.5) is 0 Å². The average Bonchev–Trinajstić information content (AvgIpc) is 2.56. The first-order chi connectivity index (χ1) is 9.38. The Kier molecular flexibility index (Phi) is 22.3. The highest BCUT2D eigenvalue weighted by molar-refractivity contribution is 5.75. The minimum Gasteiger partial charge on any atom is -0.464 e. The lowest BCUT2D eigenvalue weighted by Crippen LogP contribution is -1.96. The van der Waals surface area contributed by atoms with Crippen LogP contribution < -0.4 is 5.43 Å². The molecule has 2 heteroatoms. The van der Waals surface area contributed by atoms with Crippen molar-refractivity contribution in [3.8, 4) is 0 Å². The van der Waals surface area contributed by atoms with Crippen LogP contribution in [0.15, 0.2) is 45.8 Å². The Bertz CT molecular complexity index is 425. The molecule has 0 bridgehead atoms. The summed E-state index contributed by atoms with van der Waals surface area (Å²) in [4.78, 5) is 11.1. The van der Waals surface area contributed by atoms with Crippen molar-refractivity contribution >= 4 is 11.0 Å². The Labute approximate surface area is 118 Å². The third-order valence-corrected chi connectivity index (χ3v) is 1.57. The molecule has 2 aromatic rings. The number of hydrogen-bond acceptors (Lipinski definition) is 2. The molecule has 1 aromatic carbocycles. The molecule has 0 aliphatic carbocycles. The quantitative estimate of drug-likeness (QED) is 0.594. The van der Waals surface area contributed by atoms with Crippen LogP contribution in [0.3, 0.4) is 0 Å². The summed E-state index contributed by atoms with van der Waals surface area (Å²) in [7, 11) is 0. The van der Waals surface area contributed by atoms with Gasteiger partial charge in [-0.15, -0.1) is 0 Å². The van der Waals surface area contributed by atoms with Crippen LogP contribution in [0.2, 0.25) is 0 Å². The van der Waals surface area contributed by atoms with Gasteiger partial charge in [0.1, 0.15) is 5.58 Å². The van der Waals surface area contributed by atoms with E-state index in [-0.39, 0.29) is 5.43 Å². The number of benzene rings is 1. The smallest absolute Gasteiger partial charge is 0.192 e. The van der Waals surface area contributed by atoms with Gasteiger partial charge in [0.05, 0.1) is 11.6 Å². The molecule has 0 atom stereocenters. The molecule has 0 aliphatic heterocycles. The van der Waals surface area contributed by atoms with E-state index in [9.17, 15) is 4.79 Å². The summed E-state index contributed by atoms with van der Waals surface area (Å²) in [5, 5.41) is 0.634. The van der Waals surface area contributed by atoms with Gasteiger partial charge >= 0.3 is 0 Å². The van der Waals surface area contributed by atoms with Crippen molar-refractivity contribution in [1.82, 2.24) is 0 Å². The Morgan fingerprint density at radius 3 is 1.68 bits per heavy atom. The standard InChI is InChI=1S/C9H6O2.4C2H6/c10-8-5-6-11-9-4-2-1-3-7(8)9;4*1-2/h1-6H;4*1-2H3. The van der Waals surface area contributed by atoms with Gasteiger partial charge in [-0.3, -0.25) is 4.79 Å². The van der Waals surface area contributed by atoms with Crippen LogP contribution in [0.1, 0.15) is 55.4 Å². The molecule has 1 heterocycles. The van der Waals surface area contributed by atoms with Crippen LogP contribution >= 0.6 is 0 Å². The van der Waals surface area contributed by atoms with Crippen molar-refractivity contribution in [2.24, 2.45) is 0 Å². The highest BCUT2D eigenvalue weighted by Gasteiger charge is 1.95. The SMILES string of the molecule is CC.CC.CC.CC.O=c1ccoc2ccccc12.